The summed E-state index contributed by atoms with van der Waals surface area (Å²) in [6.07, 6.45) is 5.55. The van der Waals surface area contributed by atoms with Crippen LogP contribution in [0.2, 0.25) is 5.02 Å². The molecule has 1 saturated heterocycles. The van der Waals surface area contributed by atoms with Crippen LogP contribution in [0.15, 0.2) is 67.3 Å². The average molecular weight is 397 g/mol. The summed E-state index contributed by atoms with van der Waals surface area (Å²) in [6, 6.07) is 17.1. The number of morpholine rings is 1. The molecule has 3 aromatic rings. The quantitative estimate of drug-likeness (QED) is 0.661. The molecule has 0 aliphatic carbocycles. The van der Waals surface area contributed by atoms with Crippen molar-refractivity contribution in [3.63, 3.8) is 0 Å². The van der Waals surface area contributed by atoms with Gasteiger partial charge in [-0.05, 0) is 35.4 Å². The van der Waals surface area contributed by atoms with Crippen molar-refractivity contribution < 1.29 is 4.74 Å². The van der Waals surface area contributed by atoms with E-state index in [2.05, 4.69) is 51.6 Å². The van der Waals surface area contributed by atoms with Crippen molar-refractivity contribution in [1.82, 2.24) is 19.8 Å². The monoisotopic (exact) mass is 396 g/mol. The molecule has 0 spiro atoms. The van der Waals surface area contributed by atoms with Gasteiger partial charge in [-0.1, -0.05) is 35.9 Å². The fraction of sp³-hybridized carbons (Fsp3) is 0.318. The lowest BCUT2D eigenvalue weighted by Gasteiger charge is -2.35. The van der Waals surface area contributed by atoms with Crippen molar-refractivity contribution in [2.24, 2.45) is 0 Å². The summed E-state index contributed by atoms with van der Waals surface area (Å²) in [5, 5.41) is 4.41. The lowest BCUT2D eigenvalue weighted by molar-refractivity contribution is 0.0161. The molecular formula is C22H25ClN4O. The Labute approximate surface area is 170 Å². The number of halogens is 1. The summed E-state index contributed by atoms with van der Waals surface area (Å²) >= 11 is 6.08. The Morgan fingerprint density at radius 3 is 2.46 bits per heavy atom. The number of hydrogen-bond acceptors (Lipinski definition) is 4. The number of rotatable bonds is 7. The van der Waals surface area contributed by atoms with Gasteiger partial charge in [-0.25, -0.2) is 4.98 Å². The number of hydrogen-bond donors (Lipinski definition) is 1. The van der Waals surface area contributed by atoms with Crippen LogP contribution < -0.4 is 5.32 Å². The molecule has 1 unspecified atom stereocenters. The summed E-state index contributed by atoms with van der Waals surface area (Å²) < 4.78 is 7.54. The van der Waals surface area contributed by atoms with Crippen LogP contribution in [-0.2, 0) is 11.3 Å². The van der Waals surface area contributed by atoms with E-state index in [1.165, 1.54) is 11.1 Å². The molecule has 2 aromatic carbocycles. The van der Waals surface area contributed by atoms with Gasteiger partial charge in [0, 0.05) is 55.3 Å². The minimum Gasteiger partial charge on any atom is -0.379 e. The molecule has 1 aliphatic rings. The maximum atomic E-state index is 6.08. The molecule has 1 N–H and O–H groups in total. The molecule has 0 radical (unpaired) electrons. The molecule has 6 heteroatoms. The third-order valence-corrected chi connectivity index (χ3v) is 5.40. The van der Waals surface area contributed by atoms with Crippen molar-refractivity contribution in [1.29, 1.82) is 0 Å². The SMILES string of the molecule is Clc1ccc(C(CNCc2ccc(-n3ccnc3)cc2)N2CCOCC2)cc1. The van der Waals surface area contributed by atoms with Gasteiger partial charge in [-0.2, -0.15) is 0 Å². The van der Waals surface area contributed by atoms with E-state index in [-0.39, 0.29) is 0 Å². The number of ether oxygens (including phenoxy) is 1. The van der Waals surface area contributed by atoms with Crippen LogP contribution in [0, 0.1) is 0 Å². The zero-order valence-electron chi connectivity index (χ0n) is 15.8. The first-order valence-electron chi connectivity index (χ1n) is 9.65. The van der Waals surface area contributed by atoms with E-state index < -0.39 is 0 Å². The van der Waals surface area contributed by atoms with Crippen LogP contribution >= 0.6 is 11.6 Å². The molecule has 1 aliphatic heterocycles. The highest BCUT2D eigenvalue weighted by molar-refractivity contribution is 6.30. The first-order chi connectivity index (χ1) is 13.8. The van der Waals surface area contributed by atoms with E-state index in [9.17, 15) is 0 Å². The Balaban J connectivity index is 1.39. The maximum Gasteiger partial charge on any atom is 0.0991 e. The van der Waals surface area contributed by atoms with Crippen molar-refractivity contribution in [2.75, 3.05) is 32.8 Å². The number of aromatic nitrogens is 2. The second-order valence-corrected chi connectivity index (χ2v) is 7.42. The summed E-state index contributed by atoms with van der Waals surface area (Å²) in [5.41, 5.74) is 3.67. The maximum absolute atomic E-state index is 6.08. The van der Waals surface area contributed by atoms with Gasteiger partial charge in [0.05, 0.1) is 19.5 Å². The number of nitrogens with zero attached hydrogens (tertiary/aromatic N) is 3. The molecule has 5 nitrogen and oxygen atoms in total. The molecule has 0 amide bonds. The average Bonchev–Trinajstić information content (AvgIpc) is 3.28. The largest absolute Gasteiger partial charge is 0.379 e. The lowest BCUT2D eigenvalue weighted by Crippen LogP contribution is -2.42. The van der Waals surface area contributed by atoms with Crippen LogP contribution in [0.25, 0.3) is 5.69 Å². The second kappa shape index (κ2) is 9.34. The van der Waals surface area contributed by atoms with Gasteiger partial charge in [-0.15, -0.1) is 0 Å². The number of imidazole rings is 1. The Bertz CT molecular complexity index is 843. The van der Waals surface area contributed by atoms with E-state index in [4.69, 9.17) is 16.3 Å². The number of benzene rings is 2. The third kappa shape index (κ3) is 4.80. The number of nitrogens with one attached hydrogen (secondary N) is 1. The molecule has 0 bridgehead atoms. The van der Waals surface area contributed by atoms with E-state index in [1.807, 2.05) is 29.2 Å². The van der Waals surface area contributed by atoms with Crippen LogP contribution in [0.3, 0.4) is 0 Å². The van der Waals surface area contributed by atoms with Gasteiger partial charge in [0.25, 0.3) is 0 Å². The summed E-state index contributed by atoms with van der Waals surface area (Å²) in [5.74, 6) is 0. The first-order valence-corrected chi connectivity index (χ1v) is 10.0. The predicted octanol–water partition coefficient (Wildman–Crippen LogP) is 3.69. The van der Waals surface area contributed by atoms with E-state index in [0.29, 0.717) is 6.04 Å². The Hall–Kier alpha value is -2.18. The van der Waals surface area contributed by atoms with Gasteiger partial charge in [0.15, 0.2) is 0 Å². The minimum atomic E-state index is 0.311. The topological polar surface area (TPSA) is 42.3 Å². The highest BCUT2D eigenvalue weighted by atomic mass is 35.5. The molecule has 1 atom stereocenters. The Morgan fingerprint density at radius 1 is 1.04 bits per heavy atom. The normalized spacial score (nSPS) is 16.2. The van der Waals surface area contributed by atoms with Crippen molar-refractivity contribution in [3.05, 3.63) is 83.4 Å². The molecule has 1 aromatic heterocycles. The fourth-order valence-corrected chi connectivity index (χ4v) is 3.71. The fourth-order valence-electron chi connectivity index (χ4n) is 3.58. The third-order valence-electron chi connectivity index (χ3n) is 5.15. The smallest absolute Gasteiger partial charge is 0.0991 e. The molecule has 146 valence electrons. The zero-order chi connectivity index (χ0) is 19.2. The molecule has 0 saturated carbocycles. The summed E-state index contributed by atoms with van der Waals surface area (Å²) in [4.78, 5) is 6.59. The van der Waals surface area contributed by atoms with E-state index >= 15 is 0 Å². The molecule has 1 fully saturated rings. The van der Waals surface area contributed by atoms with Crippen LogP contribution in [0.4, 0.5) is 0 Å². The summed E-state index contributed by atoms with van der Waals surface area (Å²) in [7, 11) is 0. The van der Waals surface area contributed by atoms with Gasteiger partial charge in [0.2, 0.25) is 0 Å². The molecule has 4 rings (SSSR count). The van der Waals surface area contributed by atoms with E-state index in [1.54, 1.807) is 6.20 Å². The van der Waals surface area contributed by atoms with Crippen molar-refractivity contribution in [2.45, 2.75) is 12.6 Å². The van der Waals surface area contributed by atoms with E-state index in [0.717, 1.165) is 50.1 Å². The highest BCUT2D eigenvalue weighted by Crippen LogP contribution is 2.23. The highest BCUT2D eigenvalue weighted by Gasteiger charge is 2.22. The van der Waals surface area contributed by atoms with Crippen molar-refractivity contribution in [3.8, 4) is 5.69 Å². The lowest BCUT2D eigenvalue weighted by atomic mass is 10.0. The van der Waals surface area contributed by atoms with Gasteiger partial charge in [0.1, 0.15) is 0 Å². The zero-order valence-corrected chi connectivity index (χ0v) is 16.6. The van der Waals surface area contributed by atoms with Crippen molar-refractivity contribution >= 4 is 11.6 Å². The molecular weight excluding hydrogens is 372 g/mol. The predicted molar refractivity (Wildman–Crippen MR) is 112 cm³/mol. The molecule has 28 heavy (non-hydrogen) atoms. The Kier molecular flexibility index (Phi) is 6.39. The van der Waals surface area contributed by atoms with Gasteiger partial charge >= 0.3 is 0 Å². The van der Waals surface area contributed by atoms with Gasteiger partial charge in [-0.3, -0.25) is 4.90 Å². The first kappa shape index (κ1) is 19.2. The van der Waals surface area contributed by atoms with Crippen LogP contribution in [0.1, 0.15) is 17.2 Å². The van der Waals surface area contributed by atoms with Crippen LogP contribution in [0.5, 0.6) is 0 Å². The van der Waals surface area contributed by atoms with Gasteiger partial charge < -0.3 is 14.6 Å². The second-order valence-electron chi connectivity index (χ2n) is 6.98. The minimum absolute atomic E-state index is 0.311. The standard InChI is InChI=1S/C22H25ClN4O/c23-20-5-3-19(4-6-20)22(26-11-13-28-14-12-26)16-25-15-18-1-7-21(8-2-18)27-10-9-24-17-27/h1-10,17,22,25H,11-16H2. The Morgan fingerprint density at radius 2 is 1.79 bits per heavy atom. The summed E-state index contributed by atoms with van der Waals surface area (Å²) in [6.45, 7) is 5.20. The van der Waals surface area contributed by atoms with Crippen LogP contribution in [-0.4, -0.2) is 47.3 Å². The molecule has 2 heterocycles.